The molecule has 0 fully saturated rings. The van der Waals surface area contributed by atoms with Crippen LogP contribution in [0.5, 0.6) is 0 Å². The van der Waals surface area contributed by atoms with E-state index in [1.54, 1.807) is 0 Å². The van der Waals surface area contributed by atoms with Crippen molar-refractivity contribution < 1.29 is 0 Å². The quantitative estimate of drug-likeness (QED) is 0.786. The summed E-state index contributed by atoms with van der Waals surface area (Å²) >= 11 is 0. The Hall–Kier alpha value is -2.13. The van der Waals surface area contributed by atoms with Gasteiger partial charge in [-0.3, -0.25) is 0 Å². The lowest BCUT2D eigenvalue weighted by atomic mass is 10.1. The highest BCUT2D eigenvalue weighted by Gasteiger charge is 2.15. The number of imidazole rings is 1. The first kappa shape index (κ1) is 13.8. The maximum atomic E-state index is 5.74. The molecule has 0 unspecified atom stereocenters. The molecule has 2 N–H and O–H groups in total. The Morgan fingerprint density at radius 3 is 2.62 bits per heavy atom. The molecule has 0 saturated carbocycles. The summed E-state index contributed by atoms with van der Waals surface area (Å²) in [5, 5.41) is 0. The van der Waals surface area contributed by atoms with Gasteiger partial charge in [-0.2, -0.15) is 0 Å². The second kappa shape index (κ2) is 5.34. The van der Waals surface area contributed by atoms with E-state index in [0.717, 1.165) is 22.5 Å². The summed E-state index contributed by atoms with van der Waals surface area (Å²) < 4.78 is 2.30. The van der Waals surface area contributed by atoms with Gasteiger partial charge in [0.05, 0.1) is 11.0 Å². The highest BCUT2D eigenvalue weighted by atomic mass is 15.1. The van der Waals surface area contributed by atoms with Gasteiger partial charge >= 0.3 is 0 Å². The Morgan fingerprint density at radius 1 is 1.14 bits per heavy atom. The molecule has 0 spiro atoms. The molecule has 0 amide bonds. The van der Waals surface area contributed by atoms with Crippen molar-refractivity contribution in [1.82, 2.24) is 9.55 Å². The zero-order valence-corrected chi connectivity index (χ0v) is 12.8. The predicted octanol–water partition coefficient (Wildman–Crippen LogP) is 4.05. The number of aryl methyl sites for hydroxylation is 1. The van der Waals surface area contributed by atoms with Crippen molar-refractivity contribution in [2.24, 2.45) is 5.73 Å². The summed E-state index contributed by atoms with van der Waals surface area (Å²) in [6.45, 7) is 7.04. The molecule has 1 heterocycles. The van der Waals surface area contributed by atoms with Crippen LogP contribution < -0.4 is 5.73 Å². The molecule has 0 aliphatic rings. The van der Waals surface area contributed by atoms with Crippen molar-refractivity contribution in [2.45, 2.75) is 33.4 Å². The van der Waals surface area contributed by atoms with E-state index in [1.807, 2.05) is 0 Å². The third kappa shape index (κ3) is 2.45. The monoisotopic (exact) mass is 279 g/mol. The topological polar surface area (TPSA) is 43.8 Å². The average molecular weight is 279 g/mol. The van der Waals surface area contributed by atoms with Crippen LogP contribution in [-0.2, 0) is 6.54 Å². The van der Waals surface area contributed by atoms with E-state index in [1.165, 1.54) is 11.1 Å². The fourth-order valence-electron chi connectivity index (χ4n) is 2.78. The van der Waals surface area contributed by atoms with Crippen LogP contribution in [0, 0.1) is 6.92 Å². The van der Waals surface area contributed by atoms with Crippen molar-refractivity contribution >= 4 is 11.0 Å². The molecule has 108 valence electrons. The van der Waals surface area contributed by atoms with Crippen LogP contribution in [0.3, 0.4) is 0 Å². The third-order valence-corrected chi connectivity index (χ3v) is 3.78. The maximum absolute atomic E-state index is 5.74. The van der Waals surface area contributed by atoms with Gasteiger partial charge in [0.2, 0.25) is 0 Å². The molecule has 0 atom stereocenters. The number of fused-ring (bicyclic) bond motifs is 1. The minimum Gasteiger partial charge on any atom is -0.326 e. The van der Waals surface area contributed by atoms with E-state index in [9.17, 15) is 0 Å². The number of nitrogens with two attached hydrogens (primary N) is 1. The van der Waals surface area contributed by atoms with Gasteiger partial charge in [-0.25, -0.2) is 4.98 Å². The number of hydrogen-bond donors (Lipinski definition) is 1. The largest absolute Gasteiger partial charge is 0.326 e. The molecule has 3 rings (SSSR count). The lowest BCUT2D eigenvalue weighted by Gasteiger charge is -2.13. The summed E-state index contributed by atoms with van der Waals surface area (Å²) in [5.74, 6) is 1.03. The van der Waals surface area contributed by atoms with Crippen LogP contribution in [0.1, 0.15) is 31.0 Å². The number of rotatable bonds is 3. The fraction of sp³-hybridized carbons (Fsp3) is 0.278. The summed E-state index contributed by atoms with van der Waals surface area (Å²) in [6, 6.07) is 15.2. The molecule has 3 aromatic rings. The maximum Gasteiger partial charge on any atom is 0.141 e. The number of benzene rings is 2. The van der Waals surface area contributed by atoms with Crippen molar-refractivity contribution in [3.8, 4) is 11.4 Å². The first-order valence-electron chi connectivity index (χ1n) is 7.38. The molecule has 0 saturated heterocycles. The molecule has 0 aliphatic heterocycles. The fourth-order valence-corrected chi connectivity index (χ4v) is 2.78. The minimum atomic E-state index is 0.356. The van der Waals surface area contributed by atoms with Crippen LogP contribution >= 0.6 is 0 Å². The van der Waals surface area contributed by atoms with Gasteiger partial charge in [0.1, 0.15) is 5.82 Å². The summed E-state index contributed by atoms with van der Waals surface area (Å²) in [6.07, 6.45) is 0. The zero-order chi connectivity index (χ0) is 15.0. The molecular weight excluding hydrogens is 258 g/mol. The first-order valence-corrected chi connectivity index (χ1v) is 7.38. The van der Waals surface area contributed by atoms with Gasteiger partial charge in [-0.15, -0.1) is 0 Å². The first-order chi connectivity index (χ1) is 10.1. The van der Waals surface area contributed by atoms with Crippen molar-refractivity contribution in [3.63, 3.8) is 0 Å². The second-order valence-electron chi connectivity index (χ2n) is 5.80. The standard InChI is InChI=1S/C18H21N3/c1-12(2)21-17-8-7-14(11-19)10-16(17)20-18(21)15-6-4-5-13(3)9-15/h4-10,12H,11,19H2,1-3H3. The van der Waals surface area contributed by atoms with Gasteiger partial charge in [0.25, 0.3) is 0 Å². The second-order valence-corrected chi connectivity index (χ2v) is 5.80. The van der Waals surface area contributed by atoms with E-state index < -0.39 is 0 Å². The van der Waals surface area contributed by atoms with Crippen molar-refractivity contribution in [3.05, 3.63) is 53.6 Å². The molecule has 0 radical (unpaired) electrons. The lowest BCUT2D eigenvalue weighted by molar-refractivity contribution is 0.624. The molecule has 0 aliphatic carbocycles. The van der Waals surface area contributed by atoms with E-state index in [4.69, 9.17) is 10.7 Å². The average Bonchev–Trinajstić information content (AvgIpc) is 2.85. The van der Waals surface area contributed by atoms with E-state index in [-0.39, 0.29) is 0 Å². The van der Waals surface area contributed by atoms with Gasteiger partial charge < -0.3 is 10.3 Å². The van der Waals surface area contributed by atoms with Crippen LogP contribution in [0.25, 0.3) is 22.4 Å². The van der Waals surface area contributed by atoms with Gasteiger partial charge in [0.15, 0.2) is 0 Å². The SMILES string of the molecule is Cc1cccc(-c2nc3cc(CN)ccc3n2C(C)C)c1. The van der Waals surface area contributed by atoms with Gasteiger partial charge in [0, 0.05) is 18.2 Å². The minimum absolute atomic E-state index is 0.356. The number of nitrogens with zero attached hydrogens (tertiary/aromatic N) is 2. The molecule has 0 bridgehead atoms. The third-order valence-electron chi connectivity index (χ3n) is 3.78. The summed E-state index contributed by atoms with van der Waals surface area (Å²) in [4.78, 5) is 4.86. The highest BCUT2D eigenvalue weighted by molar-refractivity contribution is 5.81. The van der Waals surface area contributed by atoms with Crippen LogP contribution in [-0.4, -0.2) is 9.55 Å². The Balaban J connectivity index is 2.28. The van der Waals surface area contributed by atoms with Crippen molar-refractivity contribution in [2.75, 3.05) is 0 Å². The van der Waals surface area contributed by atoms with E-state index >= 15 is 0 Å². The van der Waals surface area contributed by atoms with E-state index in [0.29, 0.717) is 12.6 Å². The molecule has 3 heteroatoms. The lowest BCUT2D eigenvalue weighted by Crippen LogP contribution is -2.03. The Morgan fingerprint density at radius 2 is 1.95 bits per heavy atom. The summed E-state index contributed by atoms with van der Waals surface area (Å²) in [5.41, 5.74) is 11.5. The molecule has 21 heavy (non-hydrogen) atoms. The Labute approximate surface area is 125 Å². The van der Waals surface area contributed by atoms with E-state index in [2.05, 4.69) is 67.8 Å². The van der Waals surface area contributed by atoms with Gasteiger partial charge in [-0.05, 0) is 44.5 Å². The van der Waals surface area contributed by atoms with Crippen LogP contribution in [0.2, 0.25) is 0 Å². The van der Waals surface area contributed by atoms with Crippen LogP contribution in [0.15, 0.2) is 42.5 Å². The zero-order valence-electron chi connectivity index (χ0n) is 12.8. The van der Waals surface area contributed by atoms with Crippen LogP contribution in [0.4, 0.5) is 0 Å². The Kier molecular flexibility index (Phi) is 3.52. The number of aromatic nitrogens is 2. The Bertz CT molecular complexity index is 784. The normalized spacial score (nSPS) is 11.5. The molecule has 1 aromatic heterocycles. The number of hydrogen-bond acceptors (Lipinski definition) is 2. The highest BCUT2D eigenvalue weighted by Crippen LogP contribution is 2.29. The molecular formula is C18H21N3. The summed E-state index contributed by atoms with van der Waals surface area (Å²) in [7, 11) is 0. The van der Waals surface area contributed by atoms with Gasteiger partial charge in [-0.1, -0.05) is 29.8 Å². The van der Waals surface area contributed by atoms with Crippen molar-refractivity contribution in [1.29, 1.82) is 0 Å². The smallest absolute Gasteiger partial charge is 0.141 e. The molecule has 2 aromatic carbocycles. The molecule has 3 nitrogen and oxygen atoms in total. The predicted molar refractivity (Wildman–Crippen MR) is 88.2 cm³/mol.